The minimum absolute atomic E-state index is 0.219. The summed E-state index contributed by atoms with van der Waals surface area (Å²) in [7, 11) is 0. The lowest BCUT2D eigenvalue weighted by Crippen LogP contribution is -2.17. The van der Waals surface area contributed by atoms with Crippen LogP contribution in [0.2, 0.25) is 0 Å². The molecule has 1 aromatic rings. The van der Waals surface area contributed by atoms with Crippen molar-refractivity contribution in [3.63, 3.8) is 0 Å². The molecule has 0 radical (unpaired) electrons. The molecule has 0 aliphatic rings. The number of rotatable bonds is 3. The molecule has 0 fully saturated rings. The van der Waals surface area contributed by atoms with Crippen LogP contribution in [0.5, 0.6) is 0 Å². The van der Waals surface area contributed by atoms with Crippen molar-refractivity contribution in [1.29, 1.82) is 0 Å². The van der Waals surface area contributed by atoms with E-state index in [2.05, 4.69) is 12.1 Å². The van der Waals surface area contributed by atoms with Gasteiger partial charge in [0.2, 0.25) is 0 Å². The van der Waals surface area contributed by atoms with E-state index in [1.165, 1.54) is 0 Å². The molecule has 0 saturated heterocycles. The zero-order chi connectivity index (χ0) is 9.14. The van der Waals surface area contributed by atoms with E-state index in [0.29, 0.717) is 5.92 Å². The predicted octanol–water partition coefficient (Wildman–Crippen LogP) is 1.82. The van der Waals surface area contributed by atoms with E-state index in [1.807, 2.05) is 19.9 Å². The number of hydrogen-bond donors (Lipinski definition) is 1. The number of aryl methyl sites for hydroxylation is 1. The van der Waals surface area contributed by atoms with Gasteiger partial charge < -0.3 is 10.3 Å². The maximum atomic E-state index is 5.68. The van der Waals surface area contributed by atoms with E-state index in [4.69, 9.17) is 10.3 Å². The summed E-state index contributed by atoms with van der Waals surface area (Å²) in [4.78, 5) is 0. The first kappa shape index (κ1) is 9.26. The Labute approximate surface area is 72.9 Å². The molecule has 0 amide bonds. The summed E-state index contributed by atoms with van der Waals surface area (Å²) in [6.45, 7) is 6.01. The smallest absolute Gasteiger partial charge is 0.133 e. The van der Waals surface area contributed by atoms with Crippen molar-refractivity contribution >= 4 is 0 Å². The Morgan fingerprint density at radius 2 is 2.25 bits per heavy atom. The van der Waals surface area contributed by atoms with Crippen LogP contribution < -0.4 is 5.73 Å². The van der Waals surface area contributed by atoms with Crippen LogP contribution >= 0.6 is 0 Å². The fourth-order valence-corrected chi connectivity index (χ4v) is 1.30. The molecule has 12 heavy (non-hydrogen) atoms. The lowest BCUT2D eigenvalue weighted by molar-refractivity contribution is 0.383. The third kappa shape index (κ3) is 2.34. The van der Waals surface area contributed by atoms with E-state index < -0.39 is 0 Å². The second-order valence-corrected chi connectivity index (χ2v) is 3.48. The fourth-order valence-electron chi connectivity index (χ4n) is 1.30. The van der Waals surface area contributed by atoms with Gasteiger partial charge in [0.05, 0.1) is 5.69 Å². The Morgan fingerprint density at radius 1 is 1.58 bits per heavy atom. The van der Waals surface area contributed by atoms with Gasteiger partial charge in [-0.25, -0.2) is 0 Å². The average molecular weight is 168 g/mol. The molecule has 0 bridgehead atoms. The highest BCUT2D eigenvalue weighted by molar-refractivity contribution is 5.08. The van der Waals surface area contributed by atoms with Gasteiger partial charge in [-0.1, -0.05) is 12.1 Å². The van der Waals surface area contributed by atoms with Crippen LogP contribution in [0.1, 0.15) is 37.6 Å². The Morgan fingerprint density at radius 3 is 2.67 bits per heavy atom. The molecule has 1 heterocycles. The quantitative estimate of drug-likeness (QED) is 0.749. The summed E-state index contributed by atoms with van der Waals surface area (Å²) in [5.41, 5.74) is 6.68. The van der Waals surface area contributed by atoms with Crippen LogP contribution in [0.4, 0.5) is 0 Å². The molecule has 2 N–H and O–H groups in total. The Hall–Kier alpha value is -0.830. The van der Waals surface area contributed by atoms with Crippen molar-refractivity contribution < 1.29 is 4.52 Å². The van der Waals surface area contributed by atoms with Crippen LogP contribution in [0.25, 0.3) is 0 Å². The van der Waals surface area contributed by atoms with Gasteiger partial charge in [0.15, 0.2) is 0 Å². The Balaban J connectivity index is 2.58. The summed E-state index contributed by atoms with van der Waals surface area (Å²) in [5.74, 6) is 1.25. The van der Waals surface area contributed by atoms with Gasteiger partial charge in [-0.05, 0) is 20.3 Å². The molecule has 0 saturated carbocycles. The van der Waals surface area contributed by atoms with Gasteiger partial charge in [-0.2, -0.15) is 0 Å². The van der Waals surface area contributed by atoms with E-state index in [-0.39, 0.29) is 6.04 Å². The molecule has 0 aliphatic carbocycles. The minimum Gasteiger partial charge on any atom is -0.361 e. The third-order valence-electron chi connectivity index (χ3n) is 1.88. The first-order valence-electron chi connectivity index (χ1n) is 4.28. The minimum atomic E-state index is 0.219. The molecule has 1 rings (SSSR count). The summed E-state index contributed by atoms with van der Waals surface area (Å²) in [6, 6.07) is 2.18. The number of nitrogens with zero attached hydrogens (tertiary/aromatic N) is 1. The van der Waals surface area contributed by atoms with E-state index in [1.54, 1.807) is 0 Å². The van der Waals surface area contributed by atoms with Gasteiger partial charge in [0.1, 0.15) is 5.76 Å². The van der Waals surface area contributed by atoms with Crippen molar-refractivity contribution in [2.45, 2.75) is 39.2 Å². The zero-order valence-corrected chi connectivity index (χ0v) is 7.87. The number of aromatic nitrogens is 1. The monoisotopic (exact) mass is 168 g/mol. The largest absolute Gasteiger partial charge is 0.361 e. The molecule has 0 aliphatic heterocycles. The fraction of sp³-hybridized carbons (Fsp3) is 0.667. The maximum Gasteiger partial charge on any atom is 0.133 e. The van der Waals surface area contributed by atoms with Gasteiger partial charge in [0.25, 0.3) is 0 Å². The van der Waals surface area contributed by atoms with E-state index in [9.17, 15) is 0 Å². The second kappa shape index (κ2) is 3.72. The molecule has 3 heteroatoms. The van der Waals surface area contributed by atoms with Crippen LogP contribution in [0, 0.1) is 6.92 Å². The molecule has 2 atom stereocenters. The van der Waals surface area contributed by atoms with Gasteiger partial charge in [-0.15, -0.1) is 0 Å². The van der Waals surface area contributed by atoms with Gasteiger partial charge >= 0.3 is 0 Å². The lowest BCUT2D eigenvalue weighted by Gasteiger charge is -2.09. The molecule has 0 aromatic carbocycles. The summed E-state index contributed by atoms with van der Waals surface area (Å²) in [6.07, 6.45) is 0.950. The third-order valence-corrected chi connectivity index (χ3v) is 1.88. The van der Waals surface area contributed by atoms with Crippen molar-refractivity contribution in [2.24, 2.45) is 5.73 Å². The van der Waals surface area contributed by atoms with E-state index in [0.717, 1.165) is 17.9 Å². The maximum absolute atomic E-state index is 5.68. The summed E-state index contributed by atoms with van der Waals surface area (Å²) >= 11 is 0. The van der Waals surface area contributed by atoms with Crippen molar-refractivity contribution in [2.75, 3.05) is 0 Å². The standard InChI is InChI=1S/C9H16N2O/c1-6(4-7(2)10)9-5-8(3)12-11-9/h5-7H,4,10H2,1-3H3. The summed E-state index contributed by atoms with van der Waals surface area (Å²) < 4.78 is 4.98. The molecule has 3 nitrogen and oxygen atoms in total. The van der Waals surface area contributed by atoms with Crippen molar-refractivity contribution in [3.8, 4) is 0 Å². The lowest BCUT2D eigenvalue weighted by atomic mass is 10.00. The highest BCUT2D eigenvalue weighted by Crippen LogP contribution is 2.19. The average Bonchev–Trinajstić information content (AvgIpc) is 2.34. The highest BCUT2D eigenvalue weighted by atomic mass is 16.5. The van der Waals surface area contributed by atoms with Gasteiger partial charge in [-0.3, -0.25) is 0 Å². The SMILES string of the molecule is Cc1cc(C(C)CC(C)N)no1. The van der Waals surface area contributed by atoms with Crippen molar-refractivity contribution in [3.05, 3.63) is 17.5 Å². The van der Waals surface area contributed by atoms with E-state index >= 15 is 0 Å². The topological polar surface area (TPSA) is 52.0 Å². The molecule has 2 unspecified atom stereocenters. The summed E-state index contributed by atoms with van der Waals surface area (Å²) in [5, 5.41) is 3.94. The normalized spacial score (nSPS) is 16.0. The first-order valence-corrected chi connectivity index (χ1v) is 4.28. The molecule has 1 aromatic heterocycles. The zero-order valence-electron chi connectivity index (χ0n) is 7.87. The number of hydrogen-bond acceptors (Lipinski definition) is 3. The second-order valence-electron chi connectivity index (χ2n) is 3.48. The molecular formula is C9H16N2O. The van der Waals surface area contributed by atoms with Crippen LogP contribution in [-0.4, -0.2) is 11.2 Å². The Bertz CT molecular complexity index is 242. The van der Waals surface area contributed by atoms with Crippen LogP contribution in [0.3, 0.4) is 0 Å². The molecular weight excluding hydrogens is 152 g/mol. The Kier molecular flexibility index (Phi) is 2.87. The van der Waals surface area contributed by atoms with Gasteiger partial charge in [0, 0.05) is 18.0 Å². The highest BCUT2D eigenvalue weighted by Gasteiger charge is 2.11. The number of nitrogens with two attached hydrogens (primary N) is 1. The van der Waals surface area contributed by atoms with Crippen LogP contribution in [0.15, 0.2) is 10.6 Å². The molecule has 68 valence electrons. The van der Waals surface area contributed by atoms with Crippen LogP contribution in [-0.2, 0) is 0 Å². The predicted molar refractivity (Wildman–Crippen MR) is 47.9 cm³/mol. The van der Waals surface area contributed by atoms with Crippen molar-refractivity contribution in [1.82, 2.24) is 5.16 Å². The molecule has 0 spiro atoms. The first-order chi connectivity index (χ1) is 5.59.